The van der Waals surface area contributed by atoms with Gasteiger partial charge in [0.25, 0.3) is 5.91 Å². The van der Waals surface area contributed by atoms with E-state index in [0.29, 0.717) is 16.8 Å². The number of carbonyl (C=O) groups is 4. The van der Waals surface area contributed by atoms with Crippen LogP contribution in [0.1, 0.15) is 54.8 Å². The maximum Gasteiger partial charge on any atom is 0.340 e. The highest BCUT2D eigenvalue weighted by Gasteiger charge is 2.29. The van der Waals surface area contributed by atoms with E-state index in [4.69, 9.17) is 4.74 Å². The van der Waals surface area contributed by atoms with Gasteiger partial charge in [-0.05, 0) is 44.2 Å². The van der Waals surface area contributed by atoms with Crippen molar-refractivity contribution in [2.75, 3.05) is 5.32 Å². The van der Waals surface area contributed by atoms with Gasteiger partial charge in [0.2, 0.25) is 0 Å². The Bertz CT molecular complexity index is 1230. The fourth-order valence-corrected chi connectivity index (χ4v) is 3.29. The highest BCUT2D eigenvalue weighted by atomic mass is 16.5. The summed E-state index contributed by atoms with van der Waals surface area (Å²) in [6, 6.07) is 14.4. The van der Waals surface area contributed by atoms with E-state index < -0.39 is 18.0 Å². The summed E-state index contributed by atoms with van der Waals surface area (Å²) in [6.45, 7) is 3.23. The molecule has 0 bridgehead atoms. The van der Waals surface area contributed by atoms with Crippen molar-refractivity contribution in [3.63, 3.8) is 0 Å². The molecule has 1 N–H and O–H groups in total. The van der Waals surface area contributed by atoms with Gasteiger partial charge < -0.3 is 10.1 Å². The Kier molecular flexibility index (Phi) is 5.17. The molecule has 1 heterocycles. The molecule has 7 nitrogen and oxygen atoms in total. The van der Waals surface area contributed by atoms with Gasteiger partial charge in [0.15, 0.2) is 17.7 Å². The molecule has 1 unspecified atom stereocenters. The number of ketones is 2. The van der Waals surface area contributed by atoms with E-state index in [1.165, 1.54) is 31.3 Å². The number of carbonyl (C=O) groups excluding carboxylic acids is 4. The Hall–Kier alpha value is -4.13. The number of pyridine rings is 1. The molecule has 1 aliphatic carbocycles. The molecule has 0 spiro atoms. The number of rotatable bonds is 4. The first kappa shape index (κ1) is 20.2. The Morgan fingerprint density at radius 2 is 1.55 bits per heavy atom. The average molecular weight is 414 g/mol. The third kappa shape index (κ3) is 3.85. The van der Waals surface area contributed by atoms with Crippen molar-refractivity contribution < 1.29 is 23.9 Å². The lowest BCUT2D eigenvalue weighted by Crippen LogP contribution is -2.30. The summed E-state index contributed by atoms with van der Waals surface area (Å²) in [5.74, 6) is -1.76. The summed E-state index contributed by atoms with van der Waals surface area (Å²) in [5, 5.41) is 2.62. The van der Waals surface area contributed by atoms with Crippen LogP contribution in [-0.2, 0) is 9.53 Å². The summed E-state index contributed by atoms with van der Waals surface area (Å²) in [6.07, 6.45) is 0.301. The van der Waals surface area contributed by atoms with Crippen LogP contribution < -0.4 is 5.32 Å². The number of fused-ring (bicyclic) bond motifs is 2. The number of hydrogen-bond donors (Lipinski definition) is 1. The average Bonchev–Trinajstić information content (AvgIpc) is 2.77. The molecule has 7 heteroatoms. The summed E-state index contributed by atoms with van der Waals surface area (Å²) >= 11 is 0. The van der Waals surface area contributed by atoms with E-state index in [0.717, 1.165) is 5.69 Å². The molecular weight excluding hydrogens is 396 g/mol. The van der Waals surface area contributed by atoms with Gasteiger partial charge in [-0.2, -0.15) is 0 Å². The van der Waals surface area contributed by atoms with Gasteiger partial charge in [0.05, 0.1) is 5.56 Å². The second kappa shape index (κ2) is 7.95. The molecule has 0 aliphatic heterocycles. The lowest BCUT2D eigenvalue weighted by Gasteiger charge is -2.19. The molecule has 0 radical (unpaired) electrons. The van der Waals surface area contributed by atoms with E-state index >= 15 is 0 Å². The van der Waals surface area contributed by atoms with Crippen LogP contribution in [0, 0.1) is 6.92 Å². The second-order valence-corrected chi connectivity index (χ2v) is 7.19. The summed E-state index contributed by atoms with van der Waals surface area (Å²) < 4.78 is 5.20. The molecule has 1 atom stereocenters. The molecule has 1 aromatic heterocycles. The lowest BCUT2D eigenvalue weighted by molar-refractivity contribution is -0.123. The number of benzene rings is 2. The summed E-state index contributed by atoms with van der Waals surface area (Å²) in [7, 11) is 0. The molecular formula is C24H18N2O5. The quantitative estimate of drug-likeness (QED) is 0.514. The number of nitrogens with zero attached hydrogens (tertiary/aromatic N) is 1. The van der Waals surface area contributed by atoms with Crippen LogP contribution in [0.4, 0.5) is 5.69 Å². The van der Waals surface area contributed by atoms with E-state index in [2.05, 4.69) is 10.3 Å². The van der Waals surface area contributed by atoms with Gasteiger partial charge >= 0.3 is 5.97 Å². The molecule has 0 fully saturated rings. The van der Waals surface area contributed by atoms with Crippen molar-refractivity contribution >= 4 is 29.1 Å². The van der Waals surface area contributed by atoms with Gasteiger partial charge in [0.1, 0.15) is 0 Å². The maximum atomic E-state index is 12.8. The number of esters is 1. The van der Waals surface area contributed by atoms with E-state index in [-0.39, 0.29) is 28.3 Å². The van der Waals surface area contributed by atoms with Crippen molar-refractivity contribution in [1.29, 1.82) is 0 Å². The third-order valence-electron chi connectivity index (χ3n) is 4.99. The number of amides is 1. The van der Waals surface area contributed by atoms with Gasteiger partial charge in [-0.25, -0.2) is 4.79 Å². The summed E-state index contributed by atoms with van der Waals surface area (Å²) in [5.41, 5.74) is 2.52. The summed E-state index contributed by atoms with van der Waals surface area (Å²) in [4.78, 5) is 54.2. The number of nitrogens with one attached hydrogen (secondary N) is 1. The van der Waals surface area contributed by atoms with Crippen molar-refractivity contribution in [2.24, 2.45) is 0 Å². The SMILES string of the molecule is Cc1ccc(C(=O)OC(C)C(=O)Nc2ccc3c(c2)C(=O)c2ccccc2C3=O)cn1. The minimum Gasteiger partial charge on any atom is -0.449 e. The number of ether oxygens (including phenoxy) is 1. The molecule has 0 saturated heterocycles. The molecule has 154 valence electrons. The number of hydrogen-bond acceptors (Lipinski definition) is 6. The predicted octanol–water partition coefficient (Wildman–Crippen LogP) is 3.35. The monoisotopic (exact) mass is 414 g/mol. The molecule has 1 amide bonds. The van der Waals surface area contributed by atoms with Gasteiger partial charge in [-0.3, -0.25) is 19.4 Å². The Balaban J connectivity index is 1.49. The molecule has 1 aliphatic rings. The van der Waals surface area contributed by atoms with Crippen LogP contribution in [0.15, 0.2) is 60.8 Å². The first-order chi connectivity index (χ1) is 14.8. The standard InChI is InChI=1S/C24H18N2O5/c1-13-7-8-15(12-25-13)24(30)31-14(2)23(29)26-16-9-10-19-20(11-16)22(28)18-6-4-3-5-17(18)21(19)27/h3-12,14H,1-2H3,(H,26,29). The number of anilines is 1. The Morgan fingerprint density at radius 3 is 2.19 bits per heavy atom. The van der Waals surface area contributed by atoms with Gasteiger partial charge in [-0.15, -0.1) is 0 Å². The Labute approximate surface area is 178 Å². The van der Waals surface area contributed by atoms with Crippen LogP contribution in [0.2, 0.25) is 0 Å². The molecule has 2 aromatic carbocycles. The fourth-order valence-electron chi connectivity index (χ4n) is 3.29. The predicted molar refractivity (Wildman–Crippen MR) is 112 cm³/mol. The highest BCUT2D eigenvalue weighted by molar-refractivity contribution is 6.28. The van der Waals surface area contributed by atoms with Crippen LogP contribution >= 0.6 is 0 Å². The Morgan fingerprint density at radius 1 is 0.903 bits per heavy atom. The molecule has 31 heavy (non-hydrogen) atoms. The fraction of sp³-hybridized carbons (Fsp3) is 0.125. The minimum absolute atomic E-state index is 0.219. The molecule has 4 rings (SSSR count). The largest absolute Gasteiger partial charge is 0.449 e. The van der Waals surface area contributed by atoms with Crippen molar-refractivity contribution in [2.45, 2.75) is 20.0 Å². The molecule has 3 aromatic rings. The van der Waals surface area contributed by atoms with Crippen molar-refractivity contribution in [1.82, 2.24) is 4.98 Å². The number of aromatic nitrogens is 1. The first-order valence-electron chi connectivity index (χ1n) is 9.62. The normalized spacial score (nSPS) is 13.1. The first-order valence-corrected chi connectivity index (χ1v) is 9.62. The zero-order valence-corrected chi connectivity index (χ0v) is 16.8. The van der Waals surface area contributed by atoms with Crippen molar-refractivity contribution in [3.05, 3.63) is 94.3 Å². The van der Waals surface area contributed by atoms with Crippen LogP contribution in [0.25, 0.3) is 0 Å². The van der Waals surface area contributed by atoms with E-state index in [1.54, 1.807) is 43.3 Å². The van der Waals surface area contributed by atoms with E-state index in [9.17, 15) is 19.2 Å². The van der Waals surface area contributed by atoms with Crippen LogP contribution in [0.3, 0.4) is 0 Å². The topological polar surface area (TPSA) is 102 Å². The highest BCUT2D eigenvalue weighted by Crippen LogP contribution is 2.29. The lowest BCUT2D eigenvalue weighted by atomic mass is 9.84. The van der Waals surface area contributed by atoms with Gasteiger partial charge in [-0.1, -0.05) is 24.3 Å². The second-order valence-electron chi connectivity index (χ2n) is 7.19. The van der Waals surface area contributed by atoms with Crippen LogP contribution in [-0.4, -0.2) is 34.5 Å². The van der Waals surface area contributed by atoms with E-state index in [1.807, 2.05) is 0 Å². The zero-order valence-electron chi connectivity index (χ0n) is 16.8. The smallest absolute Gasteiger partial charge is 0.340 e. The number of aryl methyl sites for hydroxylation is 1. The minimum atomic E-state index is -1.08. The zero-order chi connectivity index (χ0) is 22.1. The third-order valence-corrected chi connectivity index (χ3v) is 4.99. The molecule has 0 saturated carbocycles. The van der Waals surface area contributed by atoms with Crippen molar-refractivity contribution in [3.8, 4) is 0 Å². The van der Waals surface area contributed by atoms with Crippen LogP contribution in [0.5, 0.6) is 0 Å². The maximum absolute atomic E-state index is 12.8. The van der Waals surface area contributed by atoms with Gasteiger partial charge in [0, 0.05) is 39.8 Å².